The highest BCUT2D eigenvalue weighted by molar-refractivity contribution is 6.08. The number of aromatic nitrogens is 1. The number of para-hydroxylation sites is 1. The summed E-state index contributed by atoms with van der Waals surface area (Å²) in [4.78, 5) is 21.7. The lowest BCUT2D eigenvalue weighted by Crippen LogP contribution is -2.09. The van der Waals surface area contributed by atoms with Crippen LogP contribution in [0.2, 0.25) is 0 Å². The molecule has 0 saturated heterocycles. The maximum Gasteiger partial charge on any atom is 0.330 e. The lowest BCUT2D eigenvalue weighted by Gasteiger charge is -2.07. The van der Waals surface area contributed by atoms with E-state index in [1.165, 1.54) is 12.1 Å². The van der Waals surface area contributed by atoms with Gasteiger partial charge in [-0.1, -0.05) is 24.8 Å². The Morgan fingerprint density at radius 1 is 1.00 bits per heavy atom. The van der Waals surface area contributed by atoms with Crippen LogP contribution in [-0.2, 0) is 16.1 Å². The SMILES string of the molecule is C=CC(=O)OCCn1c2ccccc2c2cc(N=Nc3ccc([N+](=O)[O-])cc3)ccc21. The normalized spacial score (nSPS) is 11.2. The number of fused-ring (bicyclic) bond motifs is 3. The molecule has 31 heavy (non-hydrogen) atoms. The molecule has 0 fully saturated rings. The standard InChI is InChI=1S/C23H18N4O4/c1-2-23(28)31-14-13-26-21-6-4-3-5-19(21)20-15-17(9-12-22(20)26)25-24-16-7-10-18(11-8-16)27(29)30/h2-12,15H,1,13-14H2. The number of non-ortho nitro benzene ring substituents is 1. The number of nitrogens with zero attached hydrogens (tertiary/aromatic N) is 4. The Bertz CT molecular complexity index is 1320. The second kappa shape index (κ2) is 8.58. The van der Waals surface area contributed by atoms with Crippen LogP contribution >= 0.6 is 0 Å². The highest BCUT2D eigenvalue weighted by Crippen LogP contribution is 2.32. The van der Waals surface area contributed by atoms with Gasteiger partial charge in [0.1, 0.15) is 6.61 Å². The first-order valence-corrected chi connectivity index (χ1v) is 9.53. The number of benzene rings is 3. The van der Waals surface area contributed by atoms with E-state index in [2.05, 4.69) is 21.4 Å². The molecule has 8 nitrogen and oxygen atoms in total. The number of nitro benzene ring substituents is 1. The molecular weight excluding hydrogens is 396 g/mol. The molecular formula is C23H18N4O4. The van der Waals surface area contributed by atoms with Crippen LogP contribution in [0.15, 0.2) is 89.6 Å². The van der Waals surface area contributed by atoms with Crippen LogP contribution < -0.4 is 0 Å². The highest BCUT2D eigenvalue weighted by atomic mass is 16.6. The van der Waals surface area contributed by atoms with Crippen molar-refractivity contribution in [1.82, 2.24) is 4.57 Å². The second-order valence-corrected chi connectivity index (χ2v) is 6.72. The third-order valence-corrected chi connectivity index (χ3v) is 4.82. The summed E-state index contributed by atoms with van der Waals surface area (Å²) >= 11 is 0. The zero-order valence-corrected chi connectivity index (χ0v) is 16.5. The molecule has 4 aromatic rings. The first kappa shape index (κ1) is 20.0. The fourth-order valence-electron chi connectivity index (χ4n) is 3.40. The van der Waals surface area contributed by atoms with Gasteiger partial charge in [0.2, 0.25) is 0 Å². The average molecular weight is 414 g/mol. The Balaban J connectivity index is 1.65. The van der Waals surface area contributed by atoms with Crippen molar-refractivity contribution in [3.63, 3.8) is 0 Å². The largest absolute Gasteiger partial charge is 0.461 e. The highest BCUT2D eigenvalue weighted by Gasteiger charge is 2.11. The molecule has 154 valence electrons. The van der Waals surface area contributed by atoms with Crippen molar-refractivity contribution in [2.24, 2.45) is 10.2 Å². The Kier molecular flexibility index (Phi) is 5.53. The van der Waals surface area contributed by atoms with E-state index in [4.69, 9.17) is 4.74 Å². The number of ether oxygens (including phenoxy) is 1. The lowest BCUT2D eigenvalue weighted by atomic mass is 10.1. The molecule has 0 bridgehead atoms. The van der Waals surface area contributed by atoms with Gasteiger partial charge in [0.25, 0.3) is 5.69 Å². The first-order chi connectivity index (χ1) is 15.1. The minimum atomic E-state index is -0.455. The predicted octanol–water partition coefficient (Wildman–Crippen LogP) is 5.85. The van der Waals surface area contributed by atoms with Gasteiger partial charge in [0, 0.05) is 40.0 Å². The Morgan fingerprint density at radius 2 is 1.68 bits per heavy atom. The van der Waals surface area contributed by atoms with Gasteiger partial charge in [0.05, 0.1) is 22.8 Å². The molecule has 0 atom stereocenters. The molecule has 1 heterocycles. The van der Waals surface area contributed by atoms with E-state index in [9.17, 15) is 14.9 Å². The maximum atomic E-state index is 11.3. The molecule has 0 amide bonds. The van der Waals surface area contributed by atoms with Gasteiger partial charge >= 0.3 is 5.97 Å². The smallest absolute Gasteiger partial charge is 0.330 e. The average Bonchev–Trinajstić information content (AvgIpc) is 3.11. The van der Waals surface area contributed by atoms with E-state index in [1.807, 2.05) is 42.5 Å². The van der Waals surface area contributed by atoms with Crippen LogP contribution in [0.3, 0.4) is 0 Å². The van der Waals surface area contributed by atoms with E-state index in [0.717, 1.165) is 27.9 Å². The van der Waals surface area contributed by atoms with E-state index in [1.54, 1.807) is 12.1 Å². The Hall–Kier alpha value is -4.33. The minimum Gasteiger partial charge on any atom is -0.461 e. The molecule has 0 aliphatic rings. The number of hydrogen-bond donors (Lipinski definition) is 0. The van der Waals surface area contributed by atoms with Crippen molar-refractivity contribution in [3.8, 4) is 0 Å². The Morgan fingerprint density at radius 3 is 2.42 bits per heavy atom. The third-order valence-electron chi connectivity index (χ3n) is 4.82. The number of rotatable bonds is 7. The van der Waals surface area contributed by atoms with Gasteiger partial charge in [-0.25, -0.2) is 4.79 Å². The fourth-order valence-corrected chi connectivity index (χ4v) is 3.40. The van der Waals surface area contributed by atoms with Crippen LogP contribution in [0.1, 0.15) is 0 Å². The first-order valence-electron chi connectivity index (χ1n) is 9.53. The summed E-state index contributed by atoms with van der Waals surface area (Å²) in [6.07, 6.45) is 1.15. The third kappa shape index (κ3) is 4.18. The molecule has 0 unspecified atom stereocenters. The topological polar surface area (TPSA) is 99.1 Å². The number of carbonyl (C=O) groups is 1. The molecule has 3 aromatic carbocycles. The number of hydrogen-bond acceptors (Lipinski definition) is 6. The molecule has 0 radical (unpaired) electrons. The summed E-state index contributed by atoms with van der Waals surface area (Å²) in [6, 6.07) is 19.6. The summed E-state index contributed by atoms with van der Waals surface area (Å²) in [5, 5.41) is 21.3. The lowest BCUT2D eigenvalue weighted by molar-refractivity contribution is -0.384. The predicted molar refractivity (Wildman–Crippen MR) is 118 cm³/mol. The zero-order valence-electron chi connectivity index (χ0n) is 16.5. The minimum absolute atomic E-state index is 0.00643. The quantitative estimate of drug-likeness (QED) is 0.125. The summed E-state index contributed by atoms with van der Waals surface area (Å²) < 4.78 is 7.24. The van der Waals surface area contributed by atoms with E-state index in [0.29, 0.717) is 17.9 Å². The van der Waals surface area contributed by atoms with Gasteiger partial charge < -0.3 is 9.30 Å². The molecule has 4 rings (SSSR count). The van der Waals surface area contributed by atoms with Crippen LogP contribution in [0.25, 0.3) is 21.8 Å². The number of azo groups is 1. The van der Waals surface area contributed by atoms with E-state index < -0.39 is 10.9 Å². The van der Waals surface area contributed by atoms with Gasteiger partial charge in [-0.05, 0) is 36.4 Å². The summed E-state index contributed by atoms with van der Waals surface area (Å²) in [7, 11) is 0. The van der Waals surface area contributed by atoms with E-state index in [-0.39, 0.29) is 12.3 Å². The van der Waals surface area contributed by atoms with Crippen molar-refractivity contribution in [1.29, 1.82) is 0 Å². The fraction of sp³-hybridized carbons (Fsp3) is 0.0870. The number of nitro groups is 1. The Labute approximate surface area is 177 Å². The van der Waals surface area contributed by atoms with Crippen molar-refractivity contribution >= 4 is 44.8 Å². The molecule has 8 heteroatoms. The van der Waals surface area contributed by atoms with Crippen molar-refractivity contribution < 1.29 is 14.5 Å². The molecule has 0 N–H and O–H groups in total. The van der Waals surface area contributed by atoms with Crippen LogP contribution in [0.5, 0.6) is 0 Å². The number of esters is 1. The second-order valence-electron chi connectivity index (χ2n) is 6.72. The van der Waals surface area contributed by atoms with Crippen LogP contribution in [0.4, 0.5) is 17.1 Å². The van der Waals surface area contributed by atoms with Crippen molar-refractivity contribution in [2.45, 2.75) is 6.54 Å². The molecule has 0 aliphatic heterocycles. The van der Waals surface area contributed by atoms with Crippen LogP contribution in [0, 0.1) is 10.1 Å². The van der Waals surface area contributed by atoms with Crippen molar-refractivity contribution in [2.75, 3.05) is 6.61 Å². The van der Waals surface area contributed by atoms with E-state index >= 15 is 0 Å². The zero-order chi connectivity index (χ0) is 21.8. The maximum absolute atomic E-state index is 11.3. The monoisotopic (exact) mass is 414 g/mol. The van der Waals surface area contributed by atoms with Crippen LogP contribution in [-0.4, -0.2) is 22.1 Å². The van der Waals surface area contributed by atoms with Crippen molar-refractivity contribution in [3.05, 3.63) is 89.5 Å². The van der Waals surface area contributed by atoms with Gasteiger partial charge in [-0.3, -0.25) is 10.1 Å². The number of carbonyl (C=O) groups excluding carboxylic acids is 1. The molecule has 1 aromatic heterocycles. The molecule has 0 aliphatic carbocycles. The van der Waals surface area contributed by atoms with Gasteiger partial charge in [-0.15, -0.1) is 0 Å². The summed E-state index contributed by atoms with van der Waals surface area (Å²) in [5.74, 6) is -0.449. The van der Waals surface area contributed by atoms with Gasteiger partial charge in [-0.2, -0.15) is 10.2 Å². The summed E-state index contributed by atoms with van der Waals surface area (Å²) in [6.45, 7) is 4.15. The van der Waals surface area contributed by atoms with Gasteiger partial charge in [0.15, 0.2) is 0 Å². The molecule has 0 saturated carbocycles. The molecule has 0 spiro atoms. The summed E-state index contributed by atoms with van der Waals surface area (Å²) in [5.41, 5.74) is 3.21.